The Morgan fingerprint density at radius 2 is 1.48 bits per heavy atom. The van der Waals surface area contributed by atoms with Crippen LogP contribution >= 0.6 is 0 Å². The molecule has 8 heteroatoms. The second kappa shape index (κ2) is 9.66. The molecule has 0 aliphatic carbocycles. The SMILES string of the molecule is CC(C)(C)OC(=O)NC1CCN(C(=O)C2CCN(C(=O)c3ccc(F)cc3)CC2)CC1. The smallest absolute Gasteiger partial charge is 0.407 e. The minimum Gasteiger partial charge on any atom is -0.444 e. The zero-order chi connectivity index (χ0) is 22.6. The minimum absolute atomic E-state index is 0.00841. The van der Waals surface area contributed by atoms with Gasteiger partial charge in [0.1, 0.15) is 11.4 Å². The first kappa shape index (κ1) is 23.0. The number of nitrogens with zero attached hydrogens (tertiary/aromatic N) is 2. The number of halogens is 1. The summed E-state index contributed by atoms with van der Waals surface area (Å²) in [7, 11) is 0. The summed E-state index contributed by atoms with van der Waals surface area (Å²) in [6.07, 6.45) is 2.24. The fraction of sp³-hybridized carbons (Fsp3) is 0.609. The molecule has 0 spiro atoms. The molecule has 1 aromatic carbocycles. The average Bonchev–Trinajstić information content (AvgIpc) is 2.72. The van der Waals surface area contributed by atoms with Crippen molar-refractivity contribution in [2.24, 2.45) is 5.92 Å². The molecule has 2 heterocycles. The van der Waals surface area contributed by atoms with Crippen molar-refractivity contribution in [1.82, 2.24) is 15.1 Å². The molecule has 0 radical (unpaired) electrons. The van der Waals surface area contributed by atoms with Crippen LogP contribution in [0.5, 0.6) is 0 Å². The van der Waals surface area contributed by atoms with E-state index >= 15 is 0 Å². The fourth-order valence-electron chi connectivity index (χ4n) is 4.08. The Labute approximate surface area is 182 Å². The highest BCUT2D eigenvalue weighted by molar-refractivity contribution is 5.94. The summed E-state index contributed by atoms with van der Waals surface area (Å²) in [6, 6.07) is 5.55. The maximum absolute atomic E-state index is 13.1. The standard InChI is InChI=1S/C23H32FN3O4/c1-23(2,3)31-22(30)25-19-10-14-27(15-11-19)21(29)17-8-12-26(13-9-17)20(28)16-4-6-18(24)7-5-16/h4-7,17,19H,8-15H2,1-3H3,(H,25,30). The van der Waals surface area contributed by atoms with Crippen LogP contribution in [0.4, 0.5) is 9.18 Å². The zero-order valence-corrected chi connectivity index (χ0v) is 18.5. The number of rotatable bonds is 3. The van der Waals surface area contributed by atoms with Crippen LogP contribution in [-0.2, 0) is 9.53 Å². The van der Waals surface area contributed by atoms with Crippen molar-refractivity contribution in [1.29, 1.82) is 0 Å². The number of carbonyl (C=O) groups excluding carboxylic acids is 3. The van der Waals surface area contributed by atoms with Gasteiger partial charge in [-0.25, -0.2) is 9.18 Å². The summed E-state index contributed by atoms with van der Waals surface area (Å²) < 4.78 is 18.4. The molecule has 0 aromatic heterocycles. The number of hydrogen-bond donors (Lipinski definition) is 1. The number of carbonyl (C=O) groups is 3. The Morgan fingerprint density at radius 1 is 0.935 bits per heavy atom. The lowest BCUT2D eigenvalue weighted by Crippen LogP contribution is -2.50. The van der Waals surface area contributed by atoms with Crippen molar-refractivity contribution >= 4 is 17.9 Å². The highest BCUT2D eigenvalue weighted by Gasteiger charge is 2.33. The summed E-state index contributed by atoms with van der Waals surface area (Å²) in [5.74, 6) is -0.455. The van der Waals surface area contributed by atoms with Gasteiger partial charge in [-0.3, -0.25) is 9.59 Å². The molecule has 3 amide bonds. The van der Waals surface area contributed by atoms with E-state index in [4.69, 9.17) is 4.74 Å². The van der Waals surface area contributed by atoms with Crippen LogP contribution in [0.2, 0.25) is 0 Å². The third-order valence-corrected chi connectivity index (χ3v) is 5.75. The van der Waals surface area contributed by atoms with Crippen molar-refractivity contribution in [3.63, 3.8) is 0 Å². The predicted octanol–water partition coefficient (Wildman–Crippen LogP) is 3.19. The van der Waals surface area contributed by atoms with E-state index in [2.05, 4.69) is 5.32 Å². The molecule has 2 fully saturated rings. The highest BCUT2D eigenvalue weighted by atomic mass is 19.1. The quantitative estimate of drug-likeness (QED) is 0.794. The molecule has 170 valence electrons. The van der Waals surface area contributed by atoms with Gasteiger partial charge in [0, 0.05) is 43.7 Å². The topological polar surface area (TPSA) is 79.0 Å². The van der Waals surface area contributed by atoms with Crippen LogP contribution in [0.3, 0.4) is 0 Å². The molecular weight excluding hydrogens is 401 g/mol. The first-order valence-corrected chi connectivity index (χ1v) is 11.0. The third-order valence-electron chi connectivity index (χ3n) is 5.75. The van der Waals surface area contributed by atoms with Gasteiger partial charge in [0.25, 0.3) is 5.91 Å². The number of amides is 3. The lowest BCUT2D eigenvalue weighted by molar-refractivity contribution is -0.138. The third kappa shape index (κ3) is 6.42. The average molecular weight is 434 g/mol. The number of piperidine rings is 2. The van der Waals surface area contributed by atoms with Gasteiger partial charge >= 0.3 is 6.09 Å². The van der Waals surface area contributed by atoms with Gasteiger partial charge in [-0.05, 0) is 70.7 Å². The van der Waals surface area contributed by atoms with E-state index in [-0.39, 0.29) is 29.6 Å². The van der Waals surface area contributed by atoms with Crippen LogP contribution in [0.1, 0.15) is 56.8 Å². The molecule has 7 nitrogen and oxygen atoms in total. The van der Waals surface area contributed by atoms with Gasteiger partial charge in [-0.2, -0.15) is 0 Å². The van der Waals surface area contributed by atoms with E-state index in [0.717, 1.165) is 0 Å². The van der Waals surface area contributed by atoms with Crippen molar-refractivity contribution < 1.29 is 23.5 Å². The number of likely N-dealkylation sites (tertiary alicyclic amines) is 2. The van der Waals surface area contributed by atoms with Gasteiger partial charge in [0.05, 0.1) is 0 Å². The highest BCUT2D eigenvalue weighted by Crippen LogP contribution is 2.23. The predicted molar refractivity (Wildman–Crippen MR) is 114 cm³/mol. The molecular formula is C23H32FN3O4. The molecule has 0 bridgehead atoms. The Bertz CT molecular complexity index is 790. The Morgan fingerprint density at radius 3 is 2.03 bits per heavy atom. The van der Waals surface area contributed by atoms with Gasteiger partial charge in [0.2, 0.25) is 5.91 Å². The fourth-order valence-corrected chi connectivity index (χ4v) is 4.08. The van der Waals surface area contributed by atoms with Crippen LogP contribution in [0, 0.1) is 11.7 Å². The summed E-state index contributed by atoms with van der Waals surface area (Å²) in [4.78, 5) is 41.0. The number of ether oxygens (including phenoxy) is 1. The van der Waals surface area contributed by atoms with E-state index in [0.29, 0.717) is 57.4 Å². The van der Waals surface area contributed by atoms with Crippen LogP contribution in [0.15, 0.2) is 24.3 Å². The first-order valence-electron chi connectivity index (χ1n) is 11.0. The summed E-state index contributed by atoms with van der Waals surface area (Å²) in [5.41, 5.74) is -0.0704. The minimum atomic E-state index is -0.534. The normalized spacial score (nSPS) is 18.6. The second-order valence-electron chi connectivity index (χ2n) is 9.32. The maximum Gasteiger partial charge on any atom is 0.407 e. The Hall–Kier alpha value is -2.64. The molecule has 1 N–H and O–H groups in total. The van der Waals surface area contributed by atoms with Crippen LogP contribution in [-0.4, -0.2) is 65.5 Å². The summed E-state index contributed by atoms with van der Waals surface area (Å²) >= 11 is 0. The Kier molecular flexibility index (Phi) is 7.18. The zero-order valence-electron chi connectivity index (χ0n) is 18.5. The Balaban J connectivity index is 1.42. The molecule has 2 aliphatic rings. The van der Waals surface area contributed by atoms with E-state index < -0.39 is 11.7 Å². The van der Waals surface area contributed by atoms with Crippen molar-refractivity contribution in [3.05, 3.63) is 35.6 Å². The lowest BCUT2D eigenvalue weighted by Gasteiger charge is -2.37. The lowest BCUT2D eigenvalue weighted by atomic mass is 9.93. The second-order valence-corrected chi connectivity index (χ2v) is 9.32. The molecule has 3 rings (SSSR count). The van der Waals surface area contributed by atoms with Crippen LogP contribution in [0.25, 0.3) is 0 Å². The van der Waals surface area contributed by atoms with E-state index in [9.17, 15) is 18.8 Å². The molecule has 1 aromatic rings. The van der Waals surface area contributed by atoms with Gasteiger partial charge in [0.15, 0.2) is 0 Å². The first-order chi connectivity index (χ1) is 14.6. The van der Waals surface area contributed by atoms with E-state index in [1.807, 2.05) is 25.7 Å². The molecule has 0 atom stereocenters. The van der Waals surface area contributed by atoms with E-state index in [1.54, 1.807) is 4.90 Å². The van der Waals surface area contributed by atoms with Gasteiger partial charge in [-0.15, -0.1) is 0 Å². The van der Waals surface area contributed by atoms with Crippen LogP contribution < -0.4 is 5.32 Å². The number of hydrogen-bond acceptors (Lipinski definition) is 4. The number of nitrogens with one attached hydrogen (secondary N) is 1. The summed E-state index contributed by atoms with van der Waals surface area (Å²) in [6.45, 7) is 7.72. The van der Waals surface area contributed by atoms with Gasteiger partial charge < -0.3 is 19.9 Å². The van der Waals surface area contributed by atoms with Gasteiger partial charge in [-0.1, -0.05) is 0 Å². The molecule has 0 saturated carbocycles. The van der Waals surface area contributed by atoms with Crippen molar-refractivity contribution in [2.75, 3.05) is 26.2 Å². The molecule has 2 aliphatic heterocycles. The van der Waals surface area contributed by atoms with E-state index in [1.165, 1.54) is 24.3 Å². The monoisotopic (exact) mass is 433 g/mol. The molecule has 31 heavy (non-hydrogen) atoms. The molecule has 2 saturated heterocycles. The van der Waals surface area contributed by atoms with Crippen molar-refractivity contribution in [2.45, 2.75) is 58.1 Å². The number of alkyl carbamates (subject to hydrolysis) is 1. The summed E-state index contributed by atoms with van der Waals surface area (Å²) in [5, 5.41) is 2.88. The maximum atomic E-state index is 13.1. The van der Waals surface area contributed by atoms with Crippen molar-refractivity contribution in [3.8, 4) is 0 Å². The number of benzene rings is 1. The largest absolute Gasteiger partial charge is 0.444 e. The molecule has 0 unspecified atom stereocenters.